The van der Waals surface area contributed by atoms with Crippen LogP contribution < -0.4 is 4.74 Å². The second kappa shape index (κ2) is 6.24. The van der Waals surface area contributed by atoms with Crippen LogP contribution in [0, 0.1) is 24.4 Å². The van der Waals surface area contributed by atoms with Crippen molar-refractivity contribution >= 4 is 16.7 Å². The Kier molecular flexibility index (Phi) is 3.77. The van der Waals surface area contributed by atoms with Gasteiger partial charge in [0.1, 0.15) is 5.75 Å². The van der Waals surface area contributed by atoms with Gasteiger partial charge in [-0.2, -0.15) is 0 Å². The van der Waals surface area contributed by atoms with Gasteiger partial charge < -0.3 is 9.30 Å². The van der Waals surface area contributed by atoms with E-state index in [0.29, 0.717) is 5.39 Å². The standard InChI is InChI=1S/C23H14F3NO2/c1-12-4-2-7-19-20(12)15-6-3-5-14-16(10-27(11-29-19)22(14)15)23(28)13-8-17(24)21(26)18(25)9-13/h2-10H,11H2,1H3. The van der Waals surface area contributed by atoms with Crippen molar-refractivity contribution < 1.29 is 22.7 Å². The first-order valence-corrected chi connectivity index (χ1v) is 8.99. The second-order valence-corrected chi connectivity index (χ2v) is 7.02. The highest BCUT2D eigenvalue weighted by atomic mass is 19.2. The molecule has 0 unspecified atom stereocenters. The second-order valence-electron chi connectivity index (χ2n) is 7.02. The van der Waals surface area contributed by atoms with Crippen LogP contribution in [0.5, 0.6) is 5.75 Å². The Balaban J connectivity index is 1.75. The number of ketones is 1. The maximum Gasteiger partial charge on any atom is 0.195 e. The number of halogens is 3. The highest BCUT2D eigenvalue weighted by Crippen LogP contribution is 2.41. The van der Waals surface area contributed by atoms with E-state index in [2.05, 4.69) is 0 Å². The van der Waals surface area contributed by atoms with Gasteiger partial charge in [0.05, 0.1) is 5.52 Å². The number of hydrogen-bond donors (Lipinski definition) is 0. The molecule has 1 aliphatic rings. The molecule has 5 rings (SSSR count). The lowest BCUT2D eigenvalue weighted by Gasteiger charge is -2.11. The zero-order chi connectivity index (χ0) is 20.3. The molecule has 0 bridgehead atoms. The minimum atomic E-state index is -1.60. The van der Waals surface area contributed by atoms with Gasteiger partial charge in [-0.25, -0.2) is 13.2 Å². The van der Waals surface area contributed by atoms with E-state index in [0.717, 1.165) is 40.1 Å². The monoisotopic (exact) mass is 393 g/mol. The molecular formula is C23H14F3NO2. The Hall–Kier alpha value is -3.54. The van der Waals surface area contributed by atoms with Gasteiger partial charge in [-0.3, -0.25) is 4.79 Å². The summed E-state index contributed by atoms with van der Waals surface area (Å²) < 4.78 is 48.3. The third kappa shape index (κ3) is 2.56. The molecule has 0 radical (unpaired) electrons. The van der Waals surface area contributed by atoms with Crippen molar-refractivity contribution in [2.75, 3.05) is 0 Å². The van der Waals surface area contributed by atoms with E-state index in [9.17, 15) is 18.0 Å². The number of hydrogen-bond acceptors (Lipinski definition) is 2. The fraction of sp³-hybridized carbons (Fsp3) is 0.0870. The molecule has 144 valence electrons. The van der Waals surface area contributed by atoms with E-state index in [-0.39, 0.29) is 17.9 Å². The lowest BCUT2D eigenvalue weighted by Crippen LogP contribution is -2.05. The molecule has 4 aromatic rings. The Morgan fingerprint density at radius 3 is 2.52 bits per heavy atom. The van der Waals surface area contributed by atoms with Crippen LogP contribution in [0.25, 0.3) is 22.0 Å². The Morgan fingerprint density at radius 2 is 1.76 bits per heavy atom. The number of para-hydroxylation sites is 1. The number of rotatable bonds is 2. The Morgan fingerprint density at radius 1 is 1.03 bits per heavy atom. The van der Waals surface area contributed by atoms with Crippen molar-refractivity contribution in [2.24, 2.45) is 0 Å². The summed E-state index contributed by atoms with van der Waals surface area (Å²) in [5, 5.41) is 0.636. The number of carbonyl (C=O) groups excluding carboxylic acids is 1. The minimum Gasteiger partial charge on any atom is -0.472 e. The molecule has 0 amide bonds. The summed E-state index contributed by atoms with van der Waals surface area (Å²) in [6.07, 6.45) is 1.61. The van der Waals surface area contributed by atoms with Crippen molar-refractivity contribution in [3.8, 4) is 16.9 Å². The molecule has 1 aliphatic heterocycles. The first-order chi connectivity index (χ1) is 14.0. The lowest BCUT2D eigenvalue weighted by atomic mass is 9.95. The number of carbonyl (C=O) groups is 1. The summed E-state index contributed by atoms with van der Waals surface area (Å²) in [4.78, 5) is 13.0. The minimum absolute atomic E-state index is 0.184. The summed E-state index contributed by atoms with van der Waals surface area (Å²) in [7, 11) is 0. The summed E-state index contributed by atoms with van der Waals surface area (Å²) in [6, 6.07) is 12.8. The normalized spacial score (nSPS) is 12.4. The first kappa shape index (κ1) is 17.6. The zero-order valence-electron chi connectivity index (χ0n) is 15.3. The van der Waals surface area contributed by atoms with Gasteiger partial charge in [0, 0.05) is 33.8 Å². The van der Waals surface area contributed by atoms with Crippen LogP contribution in [0.1, 0.15) is 21.5 Å². The summed E-state index contributed by atoms with van der Waals surface area (Å²) >= 11 is 0. The predicted octanol–water partition coefficient (Wildman–Crippen LogP) is 5.61. The fourth-order valence-corrected chi connectivity index (χ4v) is 3.93. The SMILES string of the molecule is Cc1cccc2c1-c1cccc3c(C(=O)c4cc(F)c(F)c(F)c4)cn(c13)CO2. The highest BCUT2D eigenvalue weighted by Gasteiger charge is 2.25. The van der Waals surface area contributed by atoms with Crippen molar-refractivity contribution in [3.05, 3.63) is 88.9 Å². The van der Waals surface area contributed by atoms with Gasteiger partial charge in [0.15, 0.2) is 30.0 Å². The topological polar surface area (TPSA) is 31.2 Å². The molecule has 1 aromatic heterocycles. The molecule has 0 atom stereocenters. The molecule has 0 spiro atoms. The Bertz CT molecular complexity index is 1300. The maximum atomic E-state index is 13.6. The molecule has 0 saturated heterocycles. The van der Waals surface area contributed by atoms with Gasteiger partial charge in [-0.05, 0) is 30.7 Å². The zero-order valence-corrected chi connectivity index (χ0v) is 15.3. The maximum absolute atomic E-state index is 13.6. The lowest BCUT2D eigenvalue weighted by molar-refractivity contribution is 0.103. The van der Waals surface area contributed by atoms with Gasteiger partial charge >= 0.3 is 0 Å². The molecule has 29 heavy (non-hydrogen) atoms. The van der Waals surface area contributed by atoms with E-state index in [1.807, 2.05) is 37.3 Å². The Labute approximate surface area is 164 Å². The molecule has 3 nitrogen and oxygen atoms in total. The van der Waals surface area contributed by atoms with Crippen LogP contribution in [-0.2, 0) is 6.73 Å². The average Bonchev–Trinajstić information content (AvgIpc) is 2.99. The predicted molar refractivity (Wildman–Crippen MR) is 102 cm³/mol. The van der Waals surface area contributed by atoms with Crippen LogP contribution in [0.3, 0.4) is 0 Å². The molecule has 0 N–H and O–H groups in total. The molecular weight excluding hydrogens is 379 g/mol. The van der Waals surface area contributed by atoms with Crippen LogP contribution >= 0.6 is 0 Å². The van der Waals surface area contributed by atoms with Crippen molar-refractivity contribution in [1.29, 1.82) is 0 Å². The fourth-order valence-electron chi connectivity index (χ4n) is 3.93. The van der Waals surface area contributed by atoms with Crippen LogP contribution in [0.2, 0.25) is 0 Å². The number of fused-ring (bicyclic) bond motifs is 2. The number of ether oxygens (including phenoxy) is 1. The number of aryl methyl sites for hydroxylation is 1. The van der Waals surface area contributed by atoms with Gasteiger partial charge in [0.25, 0.3) is 0 Å². The number of aromatic nitrogens is 1. The van der Waals surface area contributed by atoms with Crippen molar-refractivity contribution in [1.82, 2.24) is 4.57 Å². The average molecular weight is 393 g/mol. The number of benzene rings is 3. The molecule has 3 aromatic carbocycles. The van der Waals surface area contributed by atoms with Gasteiger partial charge in [-0.1, -0.05) is 30.3 Å². The van der Waals surface area contributed by atoms with Crippen molar-refractivity contribution in [3.63, 3.8) is 0 Å². The number of nitrogens with zero attached hydrogens (tertiary/aromatic N) is 1. The van der Waals surface area contributed by atoms with Gasteiger partial charge in [0.2, 0.25) is 0 Å². The first-order valence-electron chi connectivity index (χ1n) is 8.99. The summed E-state index contributed by atoms with van der Waals surface area (Å²) in [5.41, 5.74) is 3.69. The molecule has 6 heteroatoms. The molecule has 0 aliphatic carbocycles. The summed E-state index contributed by atoms with van der Waals surface area (Å²) in [6.45, 7) is 2.17. The van der Waals surface area contributed by atoms with E-state index in [4.69, 9.17) is 4.74 Å². The third-order valence-corrected chi connectivity index (χ3v) is 5.25. The smallest absolute Gasteiger partial charge is 0.195 e. The van der Waals surface area contributed by atoms with E-state index in [1.165, 1.54) is 0 Å². The van der Waals surface area contributed by atoms with Crippen molar-refractivity contribution in [2.45, 2.75) is 13.7 Å². The quantitative estimate of drug-likeness (QED) is 0.327. The van der Waals surface area contributed by atoms with Crippen LogP contribution in [0.4, 0.5) is 13.2 Å². The van der Waals surface area contributed by atoms with Gasteiger partial charge in [-0.15, -0.1) is 0 Å². The van der Waals surface area contributed by atoms with E-state index >= 15 is 0 Å². The van der Waals surface area contributed by atoms with E-state index < -0.39 is 23.2 Å². The molecule has 2 heterocycles. The highest BCUT2D eigenvalue weighted by molar-refractivity contribution is 6.18. The molecule has 0 fully saturated rings. The van der Waals surface area contributed by atoms with Crippen LogP contribution in [-0.4, -0.2) is 10.4 Å². The van der Waals surface area contributed by atoms with Crippen LogP contribution in [0.15, 0.2) is 54.7 Å². The summed E-state index contributed by atoms with van der Waals surface area (Å²) in [5.74, 6) is -4.23. The van der Waals surface area contributed by atoms with E-state index in [1.54, 1.807) is 16.8 Å². The molecule has 0 saturated carbocycles. The third-order valence-electron chi connectivity index (χ3n) is 5.25. The largest absolute Gasteiger partial charge is 0.472 e.